The summed E-state index contributed by atoms with van der Waals surface area (Å²) in [6, 6.07) is 13.1. The molecule has 0 saturated carbocycles. The Morgan fingerprint density at radius 2 is 1.88 bits per heavy atom. The quantitative estimate of drug-likeness (QED) is 0.498. The van der Waals surface area contributed by atoms with Gasteiger partial charge in [-0.15, -0.1) is 0 Å². The minimum Gasteiger partial charge on any atom is -0.422 e. The number of carbonyl (C=O) groups excluding carboxylic acids is 1. The van der Waals surface area contributed by atoms with E-state index >= 15 is 0 Å². The highest BCUT2D eigenvalue weighted by Gasteiger charge is 2.10. The summed E-state index contributed by atoms with van der Waals surface area (Å²) in [5.41, 5.74) is 0.0398. The molecule has 0 aliphatic carbocycles. The van der Waals surface area contributed by atoms with Gasteiger partial charge in [0.1, 0.15) is 5.75 Å². The van der Waals surface area contributed by atoms with Crippen molar-refractivity contribution in [1.29, 1.82) is 0 Å². The van der Waals surface area contributed by atoms with Crippen molar-refractivity contribution in [1.82, 2.24) is 0 Å². The molecule has 17 heavy (non-hydrogen) atoms. The van der Waals surface area contributed by atoms with E-state index in [1.807, 2.05) is 36.4 Å². The summed E-state index contributed by atoms with van der Waals surface area (Å²) in [7, 11) is 0. The lowest BCUT2D eigenvalue weighted by Crippen LogP contribution is -2.13. The van der Waals surface area contributed by atoms with E-state index in [9.17, 15) is 4.79 Å². The largest absolute Gasteiger partial charge is 0.422 e. The molecule has 0 amide bonds. The SMILES string of the molecule is C=C(CO)C(=O)Oc1cccc2ccccc12. The maximum Gasteiger partial charge on any atom is 0.341 e. The van der Waals surface area contributed by atoms with Crippen molar-refractivity contribution >= 4 is 16.7 Å². The number of aliphatic hydroxyl groups is 1. The van der Waals surface area contributed by atoms with Crippen molar-refractivity contribution in [2.24, 2.45) is 0 Å². The van der Waals surface area contributed by atoms with Crippen LogP contribution in [0.15, 0.2) is 54.6 Å². The number of ether oxygens (including phenoxy) is 1. The van der Waals surface area contributed by atoms with Crippen LogP contribution in [0.2, 0.25) is 0 Å². The van der Waals surface area contributed by atoms with E-state index in [1.165, 1.54) is 0 Å². The Labute approximate surface area is 99.0 Å². The summed E-state index contributed by atoms with van der Waals surface area (Å²) in [6.07, 6.45) is 0. The summed E-state index contributed by atoms with van der Waals surface area (Å²) in [4.78, 5) is 11.5. The Morgan fingerprint density at radius 1 is 1.18 bits per heavy atom. The van der Waals surface area contributed by atoms with E-state index in [-0.39, 0.29) is 5.57 Å². The maximum absolute atomic E-state index is 11.5. The van der Waals surface area contributed by atoms with Gasteiger partial charge in [0, 0.05) is 5.39 Å². The highest BCUT2D eigenvalue weighted by atomic mass is 16.5. The topological polar surface area (TPSA) is 46.5 Å². The number of fused-ring (bicyclic) bond motifs is 1. The normalized spacial score (nSPS) is 10.2. The van der Waals surface area contributed by atoms with Crippen LogP contribution < -0.4 is 4.74 Å². The maximum atomic E-state index is 11.5. The van der Waals surface area contributed by atoms with Gasteiger partial charge < -0.3 is 9.84 Å². The molecule has 0 unspecified atom stereocenters. The van der Waals surface area contributed by atoms with Crippen LogP contribution >= 0.6 is 0 Å². The summed E-state index contributed by atoms with van der Waals surface area (Å²) in [5.74, 6) is -0.133. The van der Waals surface area contributed by atoms with Gasteiger partial charge in [0.2, 0.25) is 0 Å². The Kier molecular flexibility index (Phi) is 3.21. The van der Waals surface area contributed by atoms with Crippen LogP contribution in [-0.2, 0) is 4.79 Å². The minimum absolute atomic E-state index is 0.0398. The fourth-order valence-corrected chi connectivity index (χ4v) is 1.52. The fourth-order valence-electron chi connectivity index (χ4n) is 1.52. The van der Waals surface area contributed by atoms with Gasteiger partial charge in [0.05, 0.1) is 12.2 Å². The third-order valence-corrected chi connectivity index (χ3v) is 2.43. The van der Waals surface area contributed by atoms with Crippen LogP contribution in [0.5, 0.6) is 5.75 Å². The predicted octanol–water partition coefficient (Wildman–Crippen LogP) is 2.29. The molecule has 0 bridgehead atoms. The summed E-state index contributed by atoms with van der Waals surface area (Å²) in [6.45, 7) is 3.03. The third kappa shape index (κ3) is 2.34. The molecule has 0 aliphatic heterocycles. The van der Waals surface area contributed by atoms with Crippen LogP contribution in [0.3, 0.4) is 0 Å². The standard InChI is InChI=1S/C14H12O3/c1-10(9-15)14(16)17-13-8-4-6-11-5-2-3-7-12(11)13/h2-8,15H,1,9H2. The number of rotatable bonds is 3. The Hall–Kier alpha value is -2.13. The van der Waals surface area contributed by atoms with Gasteiger partial charge in [-0.25, -0.2) is 4.79 Å². The van der Waals surface area contributed by atoms with Crippen LogP contribution in [0.1, 0.15) is 0 Å². The number of hydrogen-bond donors (Lipinski definition) is 1. The monoisotopic (exact) mass is 228 g/mol. The van der Waals surface area contributed by atoms with Gasteiger partial charge in [-0.3, -0.25) is 0 Å². The zero-order valence-corrected chi connectivity index (χ0v) is 9.22. The number of carbonyl (C=O) groups is 1. The second-order valence-corrected chi connectivity index (χ2v) is 3.63. The molecular formula is C14H12O3. The summed E-state index contributed by atoms with van der Waals surface area (Å²) < 4.78 is 5.18. The lowest BCUT2D eigenvalue weighted by atomic mass is 10.1. The first kappa shape index (κ1) is 11.4. The predicted molar refractivity (Wildman–Crippen MR) is 65.8 cm³/mol. The average Bonchev–Trinajstić information content (AvgIpc) is 2.38. The van der Waals surface area contributed by atoms with Crippen molar-refractivity contribution < 1.29 is 14.6 Å². The first-order valence-electron chi connectivity index (χ1n) is 5.21. The molecule has 2 aromatic rings. The molecule has 0 radical (unpaired) electrons. The van der Waals surface area contributed by atoms with Crippen molar-refractivity contribution in [3.05, 3.63) is 54.6 Å². The van der Waals surface area contributed by atoms with Gasteiger partial charge in [0.15, 0.2) is 0 Å². The molecule has 0 atom stereocenters. The van der Waals surface area contributed by atoms with E-state index in [4.69, 9.17) is 9.84 Å². The van der Waals surface area contributed by atoms with Crippen LogP contribution in [0.25, 0.3) is 10.8 Å². The number of aliphatic hydroxyl groups excluding tert-OH is 1. The zero-order chi connectivity index (χ0) is 12.3. The minimum atomic E-state index is -0.608. The van der Waals surface area contributed by atoms with Crippen molar-refractivity contribution in [2.45, 2.75) is 0 Å². The lowest BCUT2D eigenvalue weighted by molar-refractivity contribution is -0.130. The van der Waals surface area contributed by atoms with Crippen molar-refractivity contribution in [3.8, 4) is 5.75 Å². The summed E-state index contributed by atoms with van der Waals surface area (Å²) in [5, 5.41) is 10.6. The van der Waals surface area contributed by atoms with E-state index < -0.39 is 12.6 Å². The van der Waals surface area contributed by atoms with E-state index in [2.05, 4.69) is 6.58 Å². The Bertz CT molecular complexity index is 567. The second kappa shape index (κ2) is 4.80. The first-order chi connectivity index (χ1) is 8.22. The second-order valence-electron chi connectivity index (χ2n) is 3.63. The van der Waals surface area contributed by atoms with Gasteiger partial charge in [-0.05, 0) is 11.5 Å². The zero-order valence-electron chi connectivity index (χ0n) is 9.22. The highest BCUT2D eigenvalue weighted by molar-refractivity contribution is 5.94. The van der Waals surface area contributed by atoms with E-state index in [0.717, 1.165) is 10.8 Å². The van der Waals surface area contributed by atoms with Gasteiger partial charge in [-0.1, -0.05) is 43.0 Å². The average molecular weight is 228 g/mol. The molecule has 0 aromatic heterocycles. The first-order valence-corrected chi connectivity index (χ1v) is 5.21. The van der Waals surface area contributed by atoms with Crippen molar-refractivity contribution in [2.75, 3.05) is 6.61 Å². The molecule has 0 heterocycles. The van der Waals surface area contributed by atoms with Crippen molar-refractivity contribution in [3.63, 3.8) is 0 Å². The molecule has 3 heteroatoms. The Balaban J connectivity index is 2.36. The Morgan fingerprint density at radius 3 is 2.65 bits per heavy atom. The smallest absolute Gasteiger partial charge is 0.341 e. The molecule has 0 spiro atoms. The van der Waals surface area contributed by atoms with Crippen LogP contribution in [0, 0.1) is 0 Å². The van der Waals surface area contributed by atoms with Gasteiger partial charge >= 0.3 is 5.97 Å². The number of esters is 1. The molecule has 0 fully saturated rings. The van der Waals surface area contributed by atoms with Gasteiger partial charge in [0.25, 0.3) is 0 Å². The molecule has 86 valence electrons. The van der Waals surface area contributed by atoms with Crippen LogP contribution in [-0.4, -0.2) is 17.7 Å². The molecule has 1 N–H and O–H groups in total. The highest BCUT2D eigenvalue weighted by Crippen LogP contribution is 2.25. The molecule has 0 aliphatic rings. The molecule has 3 nitrogen and oxygen atoms in total. The van der Waals surface area contributed by atoms with E-state index in [1.54, 1.807) is 6.07 Å². The molecule has 2 rings (SSSR count). The molecular weight excluding hydrogens is 216 g/mol. The third-order valence-electron chi connectivity index (χ3n) is 2.43. The lowest BCUT2D eigenvalue weighted by Gasteiger charge is -2.07. The van der Waals surface area contributed by atoms with Crippen LogP contribution in [0.4, 0.5) is 0 Å². The molecule has 0 saturated heterocycles. The number of benzene rings is 2. The van der Waals surface area contributed by atoms with E-state index in [0.29, 0.717) is 5.75 Å². The number of hydrogen-bond acceptors (Lipinski definition) is 3. The van der Waals surface area contributed by atoms with Gasteiger partial charge in [-0.2, -0.15) is 0 Å². The summed E-state index contributed by atoms with van der Waals surface area (Å²) >= 11 is 0. The molecule has 2 aromatic carbocycles. The fraction of sp³-hybridized carbons (Fsp3) is 0.0714.